The van der Waals surface area contributed by atoms with E-state index in [1.807, 2.05) is 85.8 Å². The molecule has 6 rings (SSSR count). The molecule has 0 saturated carbocycles. The normalized spacial score (nSPS) is 13.7. The molecule has 0 unspecified atom stereocenters. The van der Waals surface area contributed by atoms with E-state index in [1.54, 1.807) is 10.9 Å². The Morgan fingerprint density at radius 2 is 1.66 bits per heavy atom. The van der Waals surface area contributed by atoms with Crippen LogP contribution in [0, 0.1) is 12.8 Å². The second-order valence-electron chi connectivity index (χ2n) is 12.9. The van der Waals surface area contributed by atoms with Gasteiger partial charge in [-0.25, -0.2) is 14.5 Å². The van der Waals surface area contributed by atoms with Gasteiger partial charge in [-0.05, 0) is 61.7 Å². The number of ether oxygens (including phenoxy) is 2. The lowest BCUT2D eigenvalue weighted by atomic mass is 9.92. The molecule has 3 heterocycles. The molecule has 1 aliphatic rings. The molecule has 47 heavy (non-hydrogen) atoms. The van der Waals surface area contributed by atoms with E-state index in [1.165, 1.54) is 0 Å². The summed E-state index contributed by atoms with van der Waals surface area (Å²) in [7, 11) is 0. The van der Waals surface area contributed by atoms with E-state index >= 15 is 0 Å². The van der Waals surface area contributed by atoms with E-state index < -0.39 is 0 Å². The van der Waals surface area contributed by atoms with Gasteiger partial charge in [0.15, 0.2) is 0 Å². The number of aromatic nitrogens is 3. The smallest absolute Gasteiger partial charge is 0.324 e. The van der Waals surface area contributed by atoms with E-state index in [4.69, 9.17) is 14.6 Å². The number of pyridine rings is 1. The number of hydrogen-bond donors (Lipinski definition) is 3. The van der Waals surface area contributed by atoms with Crippen LogP contribution < -0.4 is 20.7 Å². The van der Waals surface area contributed by atoms with Crippen molar-refractivity contribution in [1.82, 2.24) is 14.8 Å². The molecule has 0 radical (unpaired) electrons. The third kappa shape index (κ3) is 7.61. The summed E-state index contributed by atoms with van der Waals surface area (Å²) in [4.78, 5) is 30.4. The van der Waals surface area contributed by atoms with E-state index in [0.29, 0.717) is 49.1 Å². The molecular formula is C37H40N6O4. The molecule has 0 spiro atoms. The van der Waals surface area contributed by atoms with Crippen molar-refractivity contribution < 1.29 is 19.1 Å². The minimum Gasteiger partial charge on any atom is -0.488 e. The van der Waals surface area contributed by atoms with Crippen molar-refractivity contribution in [2.24, 2.45) is 5.92 Å². The van der Waals surface area contributed by atoms with E-state index in [9.17, 15) is 9.59 Å². The Hall–Kier alpha value is -5.22. The Kier molecular flexibility index (Phi) is 9.22. The molecule has 0 bridgehead atoms. The van der Waals surface area contributed by atoms with Crippen LogP contribution in [0.2, 0.25) is 0 Å². The predicted molar refractivity (Wildman–Crippen MR) is 184 cm³/mol. The van der Waals surface area contributed by atoms with Gasteiger partial charge in [-0.1, -0.05) is 62.7 Å². The lowest BCUT2D eigenvalue weighted by Crippen LogP contribution is -2.28. The average molecular weight is 633 g/mol. The Morgan fingerprint density at radius 1 is 0.915 bits per heavy atom. The monoisotopic (exact) mass is 632 g/mol. The number of nitrogens with zero attached hydrogens (tertiary/aromatic N) is 3. The van der Waals surface area contributed by atoms with Gasteiger partial charge in [0.2, 0.25) is 5.91 Å². The second kappa shape index (κ2) is 13.6. The molecule has 242 valence electrons. The molecule has 3 aromatic carbocycles. The first-order valence-electron chi connectivity index (χ1n) is 15.9. The van der Waals surface area contributed by atoms with Gasteiger partial charge >= 0.3 is 6.03 Å². The molecule has 1 aliphatic heterocycles. The van der Waals surface area contributed by atoms with Gasteiger partial charge in [-0.3, -0.25) is 10.1 Å². The lowest BCUT2D eigenvalue weighted by Gasteiger charge is -2.21. The van der Waals surface area contributed by atoms with E-state index in [2.05, 4.69) is 41.7 Å². The molecule has 1 saturated heterocycles. The molecular weight excluding hydrogens is 592 g/mol. The number of fused-ring (bicyclic) bond motifs is 1. The first-order chi connectivity index (χ1) is 22.6. The maximum atomic E-state index is 13.4. The van der Waals surface area contributed by atoms with Crippen LogP contribution >= 0.6 is 0 Å². The van der Waals surface area contributed by atoms with Crippen LogP contribution in [-0.2, 0) is 21.6 Å². The molecule has 10 heteroatoms. The summed E-state index contributed by atoms with van der Waals surface area (Å²) >= 11 is 0. The summed E-state index contributed by atoms with van der Waals surface area (Å²) in [5.41, 5.74) is 4.17. The quantitative estimate of drug-likeness (QED) is 0.162. The number of rotatable bonds is 8. The minimum atomic E-state index is -0.385. The number of carbonyl (C=O) groups excluding carboxylic acids is 2. The van der Waals surface area contributed by atoms with Crippen molar-refractivity contribution in [2.45, 2.75) is 52.6 Å². The Morgan fingerprint density at radius 3 is 2.40 bits per heavy atom. The fourth-order valence-corrected chi connectivity index (χ4v) is 5.48. The number of carbonyl (C=O) groups is 2. The van der Waals surface area contributed by atoms with Crippen LogP contribution in [0.3, 0.4) is 0 Å². The summed E-state index contributed by atoms with van der Waals surface area (Å²) in [6.07, 6.45) is 3.09. The van der Waals surface area contributed by atoms with Gasteiger partial charge in [0, 0.05) is 47.6 Å². The molecule has 10 nitrogen and oxygen atoms in total. The highest BCUT2D eigenvalue weighted by atomic mass is 16.5. The second-order valence-corrected chi connectivity index (χ2v) is 12.9. The number of hydrogen-bond acceptors (Lipinski definition) is 6. The fourth-order valence-electron chi connectivity index (χ4n) is 5.48. The molecule has 0 aliphatic carbocycles. The van der Waals surface area contributed by atoms with E-state index in [-0.39, 0.29) is 29.9 Å². The molecule has 0 atom stereocenters. The van der Waals surface area contributed by atoms with Crippen molar-refractivity contribution in [3.63, 3.8) is 0 Å². The van der Waals surface area contributed by atoms with Gasteiger partial charge in [-0.15, -0.1) is 0 Å². The Bertz CT molecular complexity index is 1890. The maximum Gasteiger partial charge on any atom is 0.324 e. The van der Waals surface area contributed by atoms with Crippen LogP contribution in [0.1, 0.15) is 50.4 Å². The Balaban J connectivity index is 1.16. The lowest BCUT2D eigenvalue weighted by molar-refractivity contribution is -0.122. The fraction of sp³-hybridized carbons (Fsp3) is 0.297. The van der Waals surface area contributed by atoms with Crippen LogP contribution in [0.15, 0.2) is 85.1 Å². The van der Waals surface area contributed by atoms with Gasteiger partial charge in [0.1, 0.15) is 24.0 Å². The largest absolute Gasteiger partial charge is 0.488 e. The van der Waals surface area contributed by atoms with Crippen molar-refractivity contribution in [2.75, 3.05) is 29.2 Å². The summed E-state index contributed by atoms with van der Waals surface area (Å²) in [5, 5.41) is 15.5. The topological polar surface area (TPSA) is 119 Å². The van der Waals surface area contributed by atoms with Crippen molar-refractivity contribution >= 4 is 40.0 Å². The molecule has 3 amide bonds. The van der Waals surface area contributed by atoms with Crippen LogP contribution in [0.5, 0.6) is 5.75 Å². The number of urea groups is 1. The molecule has 1 fully saturated rings. The summed E-state index contributed by atoms with van der Waals surface area (Å²) < 4.78 is 13.4. The summed E-state index contributed by atoms with van der Waals surface area (Å²) in [6.45, 7) is 9.79. The third-order valence-electron chi connectivity index (χ3n) is 8.19. The zero-order chi connectivity index (χ0) is 33.0. The highest BCUT2D eigenvalue weighted by Gasteiger charge is 2.23. The molecule has 2 aromatic heterocycles. The van der Waals surface area contributed by atoms with Gasteiger partial charge in [-0.2, -0.15) is 5.10 Å². The SMILES string of the molecule is Cc1ccc(-n2nc(C(C)(C)C)cc2NC(=O)Nc2ccc(OCc3ccnc(NC(=O)C4CCOCC4)c3)c3ccccc23)cc1. The zero-order valence-corrected chi connectivity index (χ0v) is 27.2. The highest BCUT2D eigenvalue weighted by Crippen LogP contribution is 2.33. The molecule has 5 aromatic rings. The number of amides is 3. The number of benzene rings is 3. The van der Waals surface area contributed by atoms with Crippen LogP contribution in [0.4, 0.5) is 22.1 Å². The van der Waals surface area contributed by atoms with Crippen molar-refractivity contribution in [3.05, 3.63) is 102 Å². The Labute approximate surface area is 274 Å². The van der Waals surface area contributed by atoms with E-state index in [0.717, 1.165) is 33.3 Å². The highest BCUT2D eigenvalue weighted by molar-refractivity contribution is 6.07. The van der Waals surface area contributed by atoms with Crippen molar-refractivity contribution in [1.29, 1.82) is 0 Å². The predicted octanol–water partition coefficient (Wildman–Crippen LogP) is 7.61. The van der Waals surface area contributed by atoms with Crippen molar-refractivity contribution in [3.8, 4) is 11.4 Å². The van der Waals surface area contributed by atoms with Crippen LogP contribution in [0.25, 0.3) is 16.5 Å². The standard InChI is InChI=1S/C37H40N6O4/c1-24-9-11-27(12-10-24)43-34(22-32(42-43)37(2,3)4)41-36(45)39-30-13-14-31(29-8-6-5-7-28(29)30)47-23-25-15-18-38-33(21-25)40-35(44)26-16-19-46-20-17-26/h5-15,18,21-22,26H,16-17,19-20,23H2,1-4H3,(H,38,40,44)(H2,39,41,45). The maximum absolute atomic E-state index is 13.4. The zero-order valence-electron chi connectivity index (χ0n) is 27.2. The van der Waals surface area contributed by atoms with Crippen LogP contribution in [-0.4, -0.2) is 39.9 Å². The summed E-state index contributed by atoms with van der Waals surface area (Å²) in [6, 6.07) is 24.7. The van der Waals surface area contributed by atoms with Gasteiger partial charge in [0.25, 0.3) is 0 Å². The average Bonchev–Trinajstić information content (AvgIpc) is 3.49. The van der Waals surface area contributed by atoms with Gasteiger partial charge in [0.05, 0.1) is 17.1 Å². The third-order valence-corrected chi connectivity index (χ3v) is 8.19. The summed E-state index contributed by atoms with van der Waals surface area (Å²) in [5.74, 6) is 1.63. The molecule has 3 N–H and O–H groups in total. The number of nitrogens with one attached hydrogen (secondary N) is 3. The van der Waals surface area contributed by atoms with Gasteiger partial charge < -0.3 is 20.1 Å². The number of aryl methyl sites for hydroxylation is 1. The number of anilines is 3. The first kappa shape index (κ1) is 31.7. The minimum absolute atomic E-state index is 0.0359. The first-order valence-corrected chi connectivity index (χ1v) is 15.9.